The molecule has 2 heterocycles. The molecular weight excluding hydrogens is 378 g/mol. The molecule has 0 amide bonds. The predicted octanol–water partition coefficient (Wildman–Crippen LogP) is 2.30. The third-order valence-electron chi connectivity index (χ3n) is 5.96. The molecule has 0 aliphatic carbocycles. The van der Waals surface area contributed by atoms with E-state index in [1.807, 2.05) is 20.8 Å². The highest BCUT2D eigenvalue weighted by atomic mass is 16.6. The van der Waals surface area contributed by atoms with Crippen LogP contribution in [-0.4, -0.2) is 78.9 Å². The topological polar surface area (TPSA) is 74.4 Å². The van der Waals surface area contributed by atoms with Crippen LogP contribution in [0.4, 0.5) is 5.69 Å². The van der Waals surface area contributed by atoms with E-state index in [0.29, 0.717) is 18.6 Å². The number of hydrazone groups is 1. The van der Waals surface area contributed by atoms with Crippen molar-refractivity contribution < 1.29 is 9.53 Å². The van der Waals surface area contributed by atoms with Crippen molar-refractivity contribution in [3.05, 3.63) is 29.8 Å². The molecule has 3 rings (SSSR count). The monoisotopic (exact) mass is 415 g/mol. The SMILES string of the molecule is CC1CN(c2ccc(C=NN)cc2)CCN1C1CCN(CC(=O)OC(C)(C)C)CC1. The van der Waals surface area contributed by atoms with Crippen LogP contribution in [0.2, 0.25) is 0 Å². The Kier molecular flexibility index (Phi) is 7.36. The van der Waals surface area contributed by atoms with Gasteiger partial charge in [0.2, 0.25) is 0 Å². The highest BCUT2D eigenvalue weighted by Gasteiger charge is 2.32. The molecule has 1 unspecified atom stereocenters. The van der Waals surface area contributed by atoms with Gasteiger partial charge in [0.05, 0.1) is 12.8 Å². The van der Waals surface area contributed by atoms with Crippen molar-refractivity contribution in [2.24, 2.45) is 10.9 Å². The number of piperazine rings is 1. The van der Waals surface area contributed by atoms with Gasteiger partial charge in [0, 0.05) is 50.5 Å². The Bertz CT molecular complexity index is 720. The van der Waals surface area contributed by atoms with Crippen molar-refractivity contribution in [2.75, 3.05) is 44.2 Å². The minimum absolute atomic E-state index is 0.119. The van der Waals surface area contributed by atoms with Gasteiger partial charge in [-0.3, -0.25) is 14.6 Å². The number of likely N-dealkylation sites (tertiary alicyclic amines) is 1. The van der Waals surface area contributed by atoms with Gasteiger partial charge >= 0.3 is 5.97 Å². The van der Waals surface area contributed by atoms with Crippen molar-refractivity contribution in [1.29, 1.82) is 0 Å². The first kappa shape index (κ1) is 22.6. The second kappa shape index (κ2) is 9.79. The van der Waals surface area contributed by atoms with Crippen LogP contribution in [0.1, 0.15) is 46.1 Å². The van der Waals surface area contributed by atoms with Gasteiger partial charge in [-0.1, -0.05) is 12.1 Å². The highest BCUT2D eigenvalue weighted by molar-refractivity contribution is 5.80. The summed E-state index contributed by atoms with van der Waals surface area (Å²) in [5.74, 6) is 5.11. The maximum Gasteiger partial charge on any atom is 0.320 e. The van der Waals surface area contributed by atoms with Crippen LogP contribution in [0.15, 0.2) is 29.4 Å². The Morgan fingerprint density at radius 1 is 1.17 bits per heavy atom. The van der Waals surface area contributed by atoms with Gasteiger partial charge in [-0.15, -0.1) is 0 Å². The largest absolute Gasteiger partial charge is 0.459 e. The molecule has 2 saturated heterocycles. The minimum atomic E-state index is -0.414. The minimum Gasteiger partial charge on any atom is -0.459 e. The summed E-state index contributed by atoms with van der Waals surface area (Å²) in [6.07, 6.45) is 3.89. The third kappa shape index (κ3) is 6.19. The zero-order valence-corrected chi connectivity index (χ0v) is 18.9. The molecule has 1 aromatic carbocycles. The van der Waals surface area contributed by atoms with Crippen LogP contribution in [0.3, 0.4) is 0 Å². The van der Waals surface area contributed by atoms with E-state index in [2.05, 4.69) is 51.0 Å². The normalized spacial score (nSPS) is 22.5. The van der Waals surface area contributed by atoms with E-state index in [-0.39, 0.29) is 5.97 Å². The Balaban J connectivity index is 1.47. The van der Waals surface area contributed by atoms with Crippen LogP contribution in [0.5, 0.6) is 0 Å². The van der Waals surface area contributed by atoms with E-state index in [1.165, 1.54) is 5.69 Å². The molecule has 2 aliphatic rings. The van der Waals surface area contributed by atoms with Crippen molar-refractivity contribution in [3.63, 3.8) is 0 Å². The van der Waals surface area contributed by atoms with Gasteiger partial charge < -0.3 is 15.5 Å². The molecule has 2 aliphatic heterocycles. The number of rotatable bonds is 5. The van der Waals surface area contributed by atoms with Gasteiger partial charge in [0.1, 0.15) is 5.60 Å². The van der Waals surface area contributed by atoms with Crippen LogP contribution in [0.25, 0.3) is 0 Å². The lowest BCUT2D eigenvalue weighted by Crippen LogP contribution is -2.57. The van der Waals surface area contributed by atoms with Crippen molar-refractivity contribution in [3.8, 4) is 0 Å². The van der Waals surface area contributed by atoms with E-state index >= 15 is 0 Å². The summed E-state index contributed by atoms with van der Waals surface area (Å²) < 4.78 is 5.47. The van der Waals surface area contributed by atoms with E-state index in [9.17, 15) is 4.79 Å². The number of nitrogens with zero attached hydrogens (tertiary/aromatic N) is 4. The molecule has 2 N–H and O–H groups in total. The number of anilines is 1. The smallest absolute Gasteiger partial charge is 0.320 e. The summed E-state index contributed by atoms with van der Waals surface area (Å²) in [5.41, 5.74) is 1.86. The number of carbonyl (C=O) groups excluding carboxylic acids is 1. The molecule has 7 heteroatoms. The molecule has 0 aromatic heterocycles. The molecule has 2 fully saturated rings. The summed E-state index contributed by atoms with van der Waals surface area (Å²) in [6, 6.07) is 9.52. The Labute approximate surface area is 180 Å². The number of carbonyl (C=O) groups is 1. The second-order valence-corrected chi connectivity index (χ2v) is 9.50. The Morgan fingerprint density at radius 3 is 2.40 bits per heavy atom. The quantitative estimate of drug-likeness (QED) is 0.344. The summed E-state index contributed by atoms with van der Waals surface area (Å²) in [4.78, 5) is 19.5. The molecule has 30 heavy (non-hydrogen) atoms. The van der Waals surface area contributed by atoms with Gasteiger partial charge in [-0.05, 0) is 58.2 Å². The maximum absolute atomic E-state index is 12.1. The van der Waals surface area contributed by atoms with Crippen molar-refractivity contribution >= 4 is 17.9 Å². The molecule has 0 radical (unpaired) electrons. The van der Waals surface area contributed by atoms with Gasteiger partial charge in [-0.25, -0.2) is 0 Å². The number of esters is 1. The van der Waals surface area contributed by atoms with Crippen LogP contribution >= 0.6 is 0 Å². The first-order valence-corrected chi connectivity index (χ1v) is 11.0. The third-order valence-corrected chi connectivity index (χ3v) is 5.96. The lowest BCUT2D eigenvalue weighted by molar-refractivity contribution is -0.156. The zero-order valence-electron chi connectivity index (χ0n) is 18.9. The van der Waals surface area contributed by atoms with E-state index in [0.717, 1.165) is 51.1 Å². The fourth-order valence-corrected chi connectivity index (χ4v) is 4.57. The van der Waals surface area contributed by atoms with E-state index < -0.39 is 5.60 Å². The van der Waals surface area contributed by atoms with Crippen LogP contribution in [0, 0.1) is 0 Å². The predicted molar refractivity (Wildman–Crippen MR) is 122 cm³/mol. The number of piperidine rings is 1. The van der Waals surface area contributed by atoms with E-state index in [1.54, 1.807) is 6.21 Å². The lowest BCUT2D eigenvalue weighted by Gasteiger charge is -2.47. The first-order chi connectivity index (χ1) is 14.2. The zero-order chi connectivity index (χ0) is 21.7. The number of nitrogens with two attached hydrogens (primary N) is 1. The number of hydrogen-bond donors (Lipinski definition) is 1. The fraction of sp³-hybridized carbons (Fsp3) is 0.652. The Morgan fingerprint density at radius 2 is 1.83 bits per heavy atom. The number of benzene rings is 1. The number of ether oxygens (including phenoxy) is 1. The summed E-state index contributed by atoms with van der Waals surface area (Å²) in [7, 11) is 0. The van der Waals surface area contributed by atoms with E-state index in [4.69, 9.17) is 10.6 Å². The van der Waals surface area contributed by atoms with Crippen molar-refractivity contribution in [1.82, 2.24) is 9.80 Å². The molecular formula is C23H37N5O2. The molecule has 1 aromatic rings. The molecule has 0 saturated carbocycles. The average molecular weight is 416 g/mol. The molecule has 166 valence electrons. The standard InChI is InChI=1S/C23H37N5O2/c1-18-16-27(20-7-5-19(6-8-20)15-25-24)13-14-28(18)21-9-11-26(12-10-21)17-22(29)30-23(2,3)4/h5-8,15,18,21H,9-14,16-17,24H2,1-4H3. The molecule has 1 atom stereocenters. The van der Waals surface area contributed by atoms with Gasteiger partial charge in [0.25, 0.3) is 0 Å². The highest BCUT2D eigenvalue weighted by Crippen LogP contribution is 2.25. The van der Waals surface area contributed by atoms with Crippen molar-refractivity contribution in [2.45, 2.75) is 58.2 Å². The van der Waals surface area contributed by atoms with Gasteiger partial charge in [-0.2, -0.15) is 5.10 Å². The first-order valence-electron chi connectivity index (χ1n) is 11.0. The Hall–Kier alpha value is -2.12. The average Bonchev–Trinajstić information content (AvgIpc) is 2.68. The van der Waals surface area contributed by atoms with Crippen LogP contribution < -0.4 is 10.7 Å². The molecule has 7 nitrogen and oxygen atoms in total. The van der Waals surface area contributed by atoms with Gasteiger partial charge in [0.15, 0.2) is 0 Å². The summed E-state index contributed by atoms with van der Waals surface area (Å²) in [6.45, 7) is 13.5. The molecule has 0 spiro atoms. The lowest BCUT2D eigenvalue weighted by atomic mass is 9.99. The second-order valence-electron chi connectivity index (χ2n) is 9.50. The fourth-order valence-electron chi connectivity index (χ4n) is 4.57. The summed E-state index contributed by atoms with van der Waals surface area (Å²) in [5, 5.41) is 3.58. The molecule has 0 bridgehead atoms. The summed E-state index contributed by atoms with van der Waals surface area (Å²) >= 11 is 0. The van der Waals surface area contributed by atoms with Crippen LogP contribution in [-0.2, 0) is 9.53 Å². The maximum atomic E-state index is 12.1. The number of hydrogen-bond acceptors (Lipinski definition) is 7.